The molecule has 1 saturated heterocycles. The fraction of sp³-hybridized carbons (Fsp3) is 0.300. The predicted molar refractivity (Wildman–Crippen MR) is 102 cm³/mol. The van der Waals surface area contributed by atoms with Crippen LogP contribution in [0.3, 0.4) is 0 Å². The van der Waals surface area contributed by atoms with E-state index in [4.69, 9.17) is 0 Å². The van der Waals surface area contributed by atoms with E-state index in [0.29, 0.717) is 32.6 Å². The molecule has 1 fully saturated rings. The summed E-state index contributed by atoms with van der Waals surface area (Å²) in [4.78, 5) is 17.2. The standard InChI is InChI=1S/C20H21FN6O/c21-17-6-8-18(9-7-17)25-10-12-26(13-11-25)20(28)19(27-15-22-23-24-27)14-16-4-2-1-3-5-16/h1-9,15,19H,10-14H2. The number of hydrogen-bond acceptors (Lipinski definition) is 5. The van der Waals surface area contributed by atoms with Crippen molar-refractivity contribution in [2.45, 2.75) is 12.5 Å². The molecule has 2 heterocycles. The number of hydrogen-bond donors (Lipinski definition) is 0. The van der Waals surface area contributed by atoms with Crippen molar-refractivity contribution in [3.05, 3.63) is 72.3 Å². The Morgan fingerprint density at radius 1 is 1.00 bits per heavy atom. The molecule has 0 N–H and O–H groups in total. The van der Waals surface area contributed by atoms with E-state index in [0.717, 1.165) is 11.3 Å². The third-order valence-corrected chi connectivity index (χ3v) is 5.02. The van der Waals surface area contributed by atoms with E-state index in [9.17, 15) is 9.18 Å². The van der Waals surface area contributed by atoms with Crippen LogP contribution in [0.2, 0.25) is 0 Å². The summed E-state index contributed by atoms with van der Waals surface area (Å²) in [5.74, 6) is -0.238. The number of rotatable bonds is 5. The van der Waals surface area contributed by atoms with Crippen molar-refractivity contribution in [2.24, 2.45) is 0 Å². The van der Waals surface area contributed by atoms with Crippen LogP contribution in [0.15, 0.2) is 60.9 Å². The van der Waals surface area contributed by atoms with Gasteiger partial charge >= 0.3 is 0 Å². The highest BCUT2D eigenvalue weighted by molar-refractivity contribution is 5.81. The molecule has 0 bridgehead atoms. The number of aromatic nitrogens is 4. The van der Waals surface area contributed by atoms with Gasteiger partial charge in [0, 0.05) is 38.3 Å². The first-order valence-corrected chi connectivity index (χ1v) is 9.26. The zero-order valence-corrected chi connectivity index (χ0v) is 15.4. The van der Waals surface area contributed by atoms with Gasteiger partial charge in [0.05, 0.1) is 0 Å². The van der Waals surface area contributed by atoms with Crippen molar-refractivity contribution < 1.29 is 9.18 Å². The van der Waals surface area contributed by atoms with Crippen LogP contribution >= 0.6 is 0 Å². The normalized spacial score (nSPS) is 15.5. The largest absolute Gasteiger partial charge is 0.368 e. The average molecular weight is 380 g/mol. The van der Waals surface area contributed by atoms with E-state index >= 15 is 0 Å². The smallest absolute Gasteiger partial charge is 0.248 e. The second-order valence-corrected chi connectivity index (χ2v) is 6.78. The van der Waals surface area contributed by atoms with Crippen molar-refractivity contribution in [1.82, 2.24) is 25.1 Å². The van der Waals surface area contributed by atoms with Crippen molar-refractivity contribution >= 4 is 11.6 Å². The maximum Gasteiger partial charge on any atom is 0.248 e. The zero-order valence-electron chi connectivity index (χ0n) is 15.4. The Hall–Kier alpha value is -3.29. The molecule has 7 nitrogen and oxygen atoms in total. The van der Waals surface area contributed by atoms with Gasteiger partial charge in [-0.3, -0.25) is 4.79 Å². The van der Waals surface area contributed by atoms with Crippen molar-refractivity contribution in [3.63, 3.8) is 0 Å². The summed E-state index contributed by atoms with van der Waals surface area (Å²) in [6.45, 7) is 2.60. The Morgan fingerprint density at radius 3 is 2.36 bits per heavy atom. The first kappa shape index (κ1) is 18.1. The minimum atomic E-state index is -0.477. The van der Waals surface area contributed by atoms with Crippen molar-refractivity contribution in [2.75, 3.05) is 31.1 Å². The summed E-state index contributed by atoms with van der Waals surface area (Å²) in [6, 6.07) is 15.8. The van der Waals surface area contributed by atoms with Gasteiger partial charge in [-0.1, -0.05) is 30.3 Å². The zero-order chi connectivity index (χ0) is 19.3. The molecule has 28 heavy (non-hydrogen) atoms. The van der Waals surface area contributed by atoms with Crippen LogP contribution in [-0.4, -0.2) is 57.2 Å². The Kier molecular flexibility index (Phi) is 5.27. The van der Waals surface area contributed by atoms with Gasteiger partial charge in [0.25, 0.3) is 0 Å². The average Bonchev–Trinajstić information content (AvgIpc) is 3.28. The molecule has 8 heteroatoms. The minimum Gasteiger partial charge on any atom is -0.368 e. The summed E-state index contributed by atoms with van der Waals surface area (Å²) in [5, 5.41) is 11.3. The molecule has 0 saturated carbocycles. The molecule has 2 aromatic carbocycles. The Balaban J connectivity index is 1.45. The van der Waals surface area contributed by atoms with Gasteiger partial charge in [-0.05, 0) is 40.3 Å². The van der Waals surface area contributed by atoms with Crippen molar-refractivity contribution in [1.29, 1.82) is 0 Å². The molecule has 1 aliphatic heterocycles. The highest BCUT2D eigenvalue weighted by Crippen LogP contribution is 2.20. The van der Waals surface area contributed by atoms with Crippen LogP contribution in [0.25, 0.3) is 0 Å². The van der Waals surface area contributed by atoms with E-state index in [1.54, 1.807) is 12.1 Å². The predicted octanol–water partition coefficient (Wildman–Crippen LogP) is 1.94. The van der Waals surface area contributed by atoms with E-state index in [1.807, 2.05) is 35.2 Å². The number of carbonyl (C=O) groups excluding carboxylic acids is 1. The molecule has 0 aliphatic carbocycles. The Morgan fingerprint density at radius 2 is 1.71 bits per heavy atom. The van der Waals surface area contributed by atoms with E-state index in [-0.39, 0.29) is 11.7 Å². The Labute approximate surface area is 162 Å². The van der Waals surface area contributed by atoms with E-state index in [1.165, 1.54) is 23.1 Å². The minimum absolute atomic E-state index is 0.00918. The number of benzene rings is 2. The third kappa shape index (κ3) is 4.00. The van der Waals surface area contributed by atoms with Gasteiger partial charge in [0.1, 0.15) is 18.2 Å². The number of halogens is 1. The summed E-state index contributed by atoms with van der Waals surface area (Å²) < 4.78 is 14.7. The van der Waals surface area contributed by atoms with Crippen LogP contribution in [0.5, 0.6) is 0 Å². The lowest BCUT2D eigenvalue weighted by molar-refractivity contribution is -0.135. The molecule has 4 rings (SSSR count). The SMILES string of the molecule is O=C(C(Cc1ccccc1)n1cnnn1)N1CCN(c2ccc(F)cc2)CC1. The Bertz CT molecular complexity index is 892. The molecule has 0 spiro atoms. The monoisotopic (exact) mass is 380 g/mol. The number of tetrazole rings is 1. The van der Waals surface area contributed by atoms with Crippen LogP contribution < -0.4 is 4.90 Å². The summed E-state index contributed by atoms with van der Waals surface area (Å²) in [5.41, 5.74) is 2.02. The fourth-order valence-electron chi connectivity index (χ4n) is 3.49. The molecule has 3 aromatic rings. The lowest BCUT2D eigenvalue weighted by Crippen LogP contribution is -2.51. The van der Waals surface area contributed by atoms with Crippen LogP contribution in [0.1, 0.15) is 11.6 Å². The summed E-state index contributed by atoms with van der Waals surface area (Å²) in [7, 11) is 0. The number of piperazine rings is 1. The molecule has 1 atom stereocenters. The van der Waals surface area contributed by atoms with E-state index < -0.39 is 6.04 Å². The molecular formula is C20H21FN6O. The fourth-order valence-corrected chi connectivity index (χ4v) is 3.49. The van der Waals surface area contributed by atoms with Crippen LogP contribution in [-0.2, 0) is 11.2 Å². The molecule has 0 radical (unpaired) electrons. The first-order chi connectivity index (χ1) is 13.7. The van der Waals surface area contributed by atoms with Gasteiger partial charge in [0.2, 0.25) is 5.91 Å². The van der Waals surface area contributed by atoms with Gasteiger partial charge in [-0.15, -0.1) is 5.10 Å². The highest BCUT2D eigenvalue weighted by Gasteiger charge is 2.29. The van der Waals surface area contributed by atoms with E-state index in [2.05, 4.69) is 20.4 Å². The number of anilines is 1. The lowest BCUT2D eigenvalue weighted by Gasteiger charge is -2.37. The van der Waals surface area contributed by atoms with Gasteiger partial charge in [0.15, 0.2) is 0 Å². The lowest BCUT2D eigenvalue weighted by atomic mass is 10.0. The van der Waals surface area contributed by atoms with Gasteiger partial charge in [-0.25, -0.2) is 9.07 Å². The second-order valence-electron chi connectivity index (χ2n) is 6.78. The molecule has 1 aromatic heterocycles. The maximum atomic E-state index is 13.2. The molecular weight excluding hydrogens is 359 g/mol. The second kappa shape index (κ2) is 8.16. The molecule has 1 unspecified atom stereocenters. The summed E-state index contributed by atoms with van der Waals surface area (Å²) >= 11 is 0. The van der Waals surface area contributed by atoms with Crippen molar-refractivity contribution in [3.8, 4) is 0 Å². The topological polar surface area (TPSA) is 67.2 Å². The highest BCUT2D eigenvalue weighted by atomic mass is 19.1. The summed E-state index contributed by atoms with van der Waals surface area (Å²) in [6.07, 6.45) is 2.02. The molecule has 1 aliphatic rings. The maximum absolute atomic E-state index is 13.2. The van der Waals surface area contributed by atoms with Crippen LogP contribution in [0, 0.1) is 5.82 Å². The number of amides is 1. The third-order valence-electron chi connectivity index (χ3n) is 5.02. The van der Waals surface area contributed by atoms with Gasteiger partial charge < -0.3 is 9.80 Å². The quantitative estimate of drug-likeness (QED) is 0.677. The first-order valence-electron chi connectivity index (χ1n) is 9.26. The number of nitrogens with zero attached hydrogens (tertiary/aromatic N) is 6. The van der Waals surface area contributed by atoms with Gasteiger partial charge in [-0.2, -0.15) is 0 Å². The molecule has 1 amide bonds. The van der Waals surface area contributed by atoms with Crippen LogP contribution in [0.4, 0.5) is 10.1 Å². The number of carbonyl (C=O) groups is 1. The molecule has 144 valence electrons.